The van der Waals surface area contributed by atoms with Crippen molar-refractivity contribution in [2.45, 2.75) is 231 Å². The van der Waals surface area contributed by atoms with E-state index in [2.05, 4.69) is 42.7 Å². The van der Waals surface area contributed by atoms with E-state index < -0.39 is 51.1 Å². The summed E-state index contributed by atoms with van der Waals surface area (Å²) >= 11 is 0. The monoisotopic (exact) mass is 844 g/mol. The molecule has 0 rings (SSSR count). The van der Waals surface area contributed by atoms with E-state index in [1.165, 1.54) is 122 Å². The van der Waals surface area contributed by atoms with Crippen LogP contribution >= 0.6 is 7.82 Å². The highest BCUT2D eigenvalue weighted by Gasteiger charge is 2.28. The van der Waals surface area contributed by atoms with Crippen LogP contribution in [0.4, 0.5) is 0 Å². The predicted molar refractivity (Wildman–Crippen MR) is 236 cm³/mol. The fourth-order valence-corrected chi connectivity index (χ4v) is 7.24. The number of carbonyl (C=O) groups is 3. The third-order valence-electron chi connectivity index (χ3n) is 10.2. The van der Waals surface area contributed by atoms with Gasteiger partial charge in [-0.1, -0.05) is 167 Å². The van der Waals surface area contributed by atoms with Gasteiger partial charge in [-0.25, -0.2) is 4.57 Å². The molecule has 0 saturated carbocycles. The smallest absolute Gasteiger partial charge is 0.472 e. The maximum absolute atomic E-state index is 12.7. The second kappa shape index (κ2) is 41.7. The summed E-state index contributed by atoms with van der Waals surface area (Å²) in [6, 6.07) is -1.52. The van der Waals surface area contributed by atoms with E-state index in [9.17, 15) is 23.8 Å². The topological polar surface area (TPSA) is 172 Å². The van der Waals surface area contributed by atoms with E-state index in [1.807, 2.05) is 0 Å². The Morgan fingerprint density at radius 1 is 0.517 bits per heavy atom. The van der Waals surface area contributed by atoms with Crippen LogP contribution in [0.15, 0.2) is 24.3 Å². The predicted octanol–water partition coefficient (Wildman–Crippen LogP) is 12.6. The Kier molecular flexibility index (Phi) is 40.2. The number of esters is 2. The van der Waals surface area contributed by atoms with Crippen LogP contribution in [0.2, 0.25) is 0 Å². The molecular weight excluding hydrogens is 757 g/mol. The lowest BCUT2D eigenvalue weighted by Crippen LogP contribution is -2.34. The molecule has 0 aliphatic heterocycles. The van der Waals surface area contributed by atoms with E-state index in [0.717, 1.165) is 57.8 Å². The van der Waals surface area contributed by atoms with E-state index in [4.69, 9.17) is 24.8 Å². The lowest BCUT2D eigenvalue weighted by atomic mass is 10.1. The van der Waals surface area contributed by atoms with Crippen LogP contribution in [0.5, 0.6) is 0 Å². The normalized spacial score (nSPS) is 13.9. The lowest BCUT2D eigenvalue weighted by molar-refractivity contribution is -0.161. The molecule has 11 nitrogen and oxygen atoms in total. The van der Waals surface area contributed by atoms with E-state index in [-0.39, 0.29) is 19.4 Å². The molecule has 0 aromatic carbocycles. The third-order valence-corrected chi connectivity index (χ3v) is 11.1. The standard InChI is InChI=1S/C46H86NO10P/c1-3-5-7-9-11-13-15-17-19-20-21-22-24-26-28-30-32-34-36-38-45(49)57-42(40-55-58(52,53)56-41-43(47)46(50)51)39-54-44(48)37-35-33-31-29-27-25-23-18-16-14-12-10-8-6-4-2/h17-19,23,42-43H,3-16,20-22,24-41,47H2,1-2H3,(H,50,51)(H,52,53)/b19-17-,23-18-. The number of phosphoric acid groups is 1. The molecule has 0 fully saturated rings. The highest BCUT2D eigenvalue weighted by molar-refractivity contribution is 7.47. The Hall–Kier alpha value is -2.04. The summed E-state index contributed by atoms with van der Waals surface area (Å²) in [5.41, 5.74) is 5.34. The third kappa shape index (κ3) is 40.7. The molecule has 3 unspecified atom stereocenters. The Labute approximate surface area is 353 Å². The van der Waals surface area contributed by atoms with Crippen LogP contribution in [0, 0.1) is 0 Å². The zero-order valence-corrected chi connectivity index (χ0v) is 37.8. The van der Waals surface area contributed by atoms with Gasteiger partial charge in [0.1, 0.15) is 12.6 Å². The molecule has 0 aromatic rings. The first-order chi connectivity index (χ1) is 28.1. The first-order valence-electron chi connectivity index (χ1n) is 23.4. The van der Waals surface area contributed by atoms with Gasteiger partial charge in [-0.05, 0) is 64.2 Å². The largest absolute Gasteiger partial charge is 0.480 e. The lowest BCUT2D eigenvalue weighted by Gasteiger charge is -2.20. The highest BCUT2D eigenvalue weighted by Crippen LogP contribution is 2.43. The summed E-state index contributed by atoms with van der Waals surface area (Å²) in [6.45, 7) is 2.81. The van der Waals surface area contributed by atoms with Gasteiger partial charge in [0.2, 0.25) is 0 Å². The number of hydrogen-bond donors (Lipinski definition) is 3. The summed E-state index contributed by atoms with van der Waals surface area (Å²) in [5.74, 6) is -2.38. The van der Waals surface area contributed by atoms with Gasteiger partial charge in [-0.3, -0.25) is 23.4 Å². The van der Waals surface area contributed by atoms with Gasteiger partial charge in [0, 0.05) is 12.8 Å². The van der Waals surface area contributed by atoms with Crippen molar-refractivity contribution in [3.63, 3.8) is 0 Å². The zero-order valence-electron chi connectivity index (χ0n) is 36.9. The number of nitrogens with two attached hydrogens (primary N) is 1. The molecule has 0 aliphatic rings. The molecule has 4 N–H and O–H groups in total. The van der Waals surface area contributed by atoms with Crippen LogP contribution in [-0.4, -0.2) is 59.9 Å². The van der Waals surface area contributed by atoms with Gasteiger partial charge < -0.3 is 25.2 Å². The van der Waals surface area contributed by atoms with Crippen molar-refractivity contribution in [3.8, 4) is 0 Å². The SMILES string of the molecule is CCCCCCCC/C=C\CCCCCCCCCCCC(=O)OC(COC(=O)CCCCCCC/C=C\CCCCCCCC)COP(=O)(O)OCC(N)C(=O)O. The minimum absolute atomic E-state index is 0.159. The van der Waals surface area contributed by atoms with Crippen molar-refractivity contribution in [3.05, 3.63) is 24.3 Å². The highest BCUT2D eigenvalue weighted by atomic mass is 31.2. The fraction of sp³-hybridized carbons (Fsp3) is 0.848. The Morgan fingerprint density at radius 3 is 1.26 bits per heavy atom. The molecule has 0 aromatic heterocycles. The second-order valence-electron chi connectivity index (χ2n) is 15.9. The van der Waals surface area contributed by atoms with Gasteiger partial charge >= 0.3 is 25.7 Å². The molecule has 0 amide bonds. The van der Waals surface area contributed by atoms with Crippen molar-refractivity contribution >= 4 is 25.7 Å². The molecule has 0 saturated heterocycles. The van der Waals surface area contributed by atoms with Crippen molar-refractivity contribution in [1.82, 2.24) is 0 Å². The summed E-state index contributed by atoms with van der Waals surface area (Å²) in [6.07, 6.45) is 43.8. The number of phosphoric ester groups is 1. The van der Waals surface area contributed by atoms with Gasteiger partial charge in [0.05, 0.1) is 13.2 Å². The Bertz CT molecular complexity index is 1080. The summed E-state index contributed by atoms with van der Waals surface area (Å²) in [4.78, 5) is 46.0. The fourth-order valence-electron chi connectivity index (χ4n) is 6.47. The van der Waals surface area contributed by atoms with Gasteiger partial charge in [-0.15, -0.1) is 0 Å². The van der Waals surface area contributed by atoms with Gasteiger partial charge in [-0.2, -0.15) is 0 Å². The van der Waals surface area contributed by atoms with Crippen molar-refractivity contribution < 1.29 is 47.5 Å². The van der Waals surface area contributed by atoms with Crippen LogP contribution in [0.3, 0.4) is 0 Å². The number of aliphatic carboxylic acids is 1. The molecular formula is C46H86NO10P. The molecule has 12 heteroatoms. The van der Waals surface area contributed by atoms with E-state index in [0.29, 0.717) is 12.8 Å². The molecule has 0 radical (unpaired) electrons. The number of ether oxygens (including phenoxy) is 2. The van der Waals surface area contributed by atoms with Gasteiger partial charge in [0.25, 0.3) is 0 Å². The average molecular weight is 844 g/mol. The minimum atomic E-state index is -4.72. The Balaban J connectivity index is 4.31. The summed E-state index contributed by atoms with van der Waals surface area (Å²) in [5, 5.41) is 8.90. The minimum Gasteiger partial charge on any atom is -0.480 e. The van der Waals surface area contributed by atoms with Crippen molar-refractivity contribution in [2.75, 3.05) is 19.8 Å². The zero-order chi connectivity index (χ0) is 42.8. The van der Waals surface area contributed by atoms with Crippen LogP contribution < -0.4 is 5.73 Å². The Morgan fingerprint density at radius 2 is 0.862 bits per heavy atom. The van der Waals surface area contributed by atoms with Crippen molar-refractivity contribution in [1.29, 1.82) is 0 Å². The number of hydrogen-bond acceptors (Lipinski definition) is 9. The van der Waals surface area contributed by atoms with E-state index >= 15 is 0 Å². The number of carboxylic acids is 1. The number of carbonyl (C=O) groups excluding carboxylic acids is 2. The van der Waals surface area contributed by atoms with Gasteiger partial charge in [0.15, 0.2) is 6.10 Å². The van der Waals surface area contributed by atoms with Crippen LogP contribution in [-0.2, 0) is 37.5 Å². The van der Waals surface area contributed by atoms with E-state index in [1.54, 1.807) is 0 Å². The molecule has 0 bridgehead atoms. The number of unbranched alkanes of at least 4 members (excludes halogenated alkanes) is 26. The molecule has 0 spiro atoms. The maximum atomic E-state index is 12.7. The first kappa shape index (κ1) is 56.0. The average Bonchev–Trinajstić information content (AvgIpc) is 3.20. The maximum Gasteiger partial charge on any atom is 0.472 e. The number of allylic oxidation sites excluding steroid dienone is 4. The first-order valence-corrected chi connectivity index (χ1v) is 24.9. The molecule has 58 heavy (non-hydrogen) atoms. The van der Waals surface area contributed by atoms with Crippen LogP contribution in [0.25, 0.3) is 0 Å². The molecule has 3 atom stereocenters. The number of rotatable bonds is 44. The molecule has 0 heterocycles. The number of carboxylic acid groups (broad SMARTS) is 1. The second-order valence-corrected chi connectivity index (χ2v) is 17.3. The molecule has 0 aliphatic carbocycles. The summed E-state index contributed by atoms with van der Waals surface area (Å²) in [7, 11) is -4.72. The van der Waals surface area contributed by atoms with Crippen molar-refractivity contribution in [2.24, 2.45) is 5.73 Å². The molecule has 340 valence electrons. The quantitative estimate of drug-likeness (QED) is 0.0231. The summed E-state index contributed by atoms with van der Waals surface area (Å²) < 4.78 is 32.7. The van der Waals surface area contributed by atoms with Crippen LogP contribution in [0.1, 0.15) is 219 Å².